The van der Waals surface area contributed by atoms with Gasteiger partial charge in [0.15, 0.2) is 6.29 Å². The molecule has 0 amide bonds. The summed E-state index contributed by atoms with van der Waals surface area (Å²) in [5, 5.41) is 27.8. The molecular formula is C7H14O5. The first-order chi connectivity index (χ1) is 5.57. The lowest BCUT2D eigenvalue weighted by Gasteiger charge is -2.38. The highest BCUT2D eigenvalue weighted by Crippen LogP contribution is 2.20. The highest BCUT2D eigenvalue weighted by molar-refractivity contribution is 4.86. The van der Waals surface area contributed by atoms with Gasteiger partial charge in [-0.3, -0.25) is 0 Å². The molecule has 1 aliphatic rings. The molecule has 0 bridgehead atoms. The SMILES string of the molecule is COC1O[C@H](C)C(O)[C@@H](O)[C@@H]1O. The first-order valence-electron chi connectivity index (χ1n) is 3.80. The molecule has 1 saturated heterocycles. The summed E-state index contributed by atoms with van der Waals surface area (Å²) in [5.41, 5.74) is 0. The third kappa shape index (κ3) is 1.60. The van der Waals surface area contributed by atoms with Crippen molar-refractivity contribution in [1.82, 2.24) is 0 Å². The molecule has 0 aromatic heterocycles. The Hall–Kier alpha value is -0.200. The van der Waals surface area contributed by atoms with Crippen LogP contribution in [-0.4, -0.2) is 53.1 Å². The average Bonchev–Trinajstić information content (AvgIpc) is 2.08. The normalized spacial score (nSPS) is 49.2. The monoisotopic (exact) mass is 178 g/mol. The van der Waals surface area contributed by atoms with Gasteiger partial charge in [-0.05, 0) is 6.92 Å². The van der Waals surface area contributed by atoms with E-state index in [1.807, 2.05) is 0 Å². The Kier molecular flexibility index (Phi) is 3.03. The summed E-state index contributed by atoms with van der Waals surface area (Å²) in [6.07, 6.45) is -4.86. The fraction of sp³-hybridized carbons (Fsp3) is 1.00. The lowest BCUT2D eigenvalue weighted by atomic mass is 10.0. The first kappa shape index (κ1) is 9.88. The van der Waals surface area contributed by atoms with Gasteiger partial charge in [0.1, 0.15) is 18.3 Å². The molecule has 12 heavy (non-hydrogen) atoms. The fourth-order valence-corrected chi connectivity index (χ4v) is 1.21. The highest BCUT2D eigenvalue weighted by Gasteiger charge is 2.41. The summed E-state index contributed by atoms with van der Waals surface area (Å²) in [7, 11) is 1.37. The summed E-state index contributed by atoms with van der Waals surface area (Å²) in [4.78, 5) is 0. The zero-order valence-corrected chi connectivity index (χ0v) is 7.04. The smallest absolute Gasteiger partial charge is 0.186 e. The van der Waals surface area contributed by atoms with Crippen LogP contribution in [0.3, 0.4) is 0 Å². The Morgan fingerprint density at radius 2 is 1.67 bits per heavy atom. The van der Waals surface area contributed by atoms with E-state index in [4.69, 9.17) is 9.47 Å². The van der Waals surface area contributed by atoms with Gasteiger partial charge in [0.05, 0.1) is 6.10 Å². The number of methoxy groups -OCH3 is 1. The Morgan fingerprint density at radius 3 is 2.17 bits per heavy atom. The van der Waals surface area contributed by atoms with Crippen LogP contribution >= 0.6 is 0 Å². The molecule has 0 aliphatic carbocycles. The maximum absolute atomic E-state index is 9.27. The van der Waals surface area contributed by atoms with Crippen molar-refractivity contribution in [2.24, 2.45) is 0 Å². The van der Waals surface area contributed by atoms with Crippen molar-refractivity contribution in [2.75, 3.05) is 7.11 Å². The third-order valence-electron chi connectivity index (χ3n) is 2.04. The van der Waals surface area contributed by atoms with E-state index < -0.39 is 30.7 Å². The van der Waals surface area contributed by atoms with Crippen LogP contribution in [0.4, 0.5) is 0 Å². The predicted octanol–water partition coefficient (Wildman–Crippen LogP) is -1.54. The number of hydrogen-bond donors (Lipinski definition) is 3. The molecule has 5 heteroatoms. The number of aliphatic hydroxyl groups is 3. The average molecular weight is 178 g/mol. The number of rotatable bonds is 1. The lowest BCUT2D eigenvalue weighted by molar-refractivity contribution is -0.286. The van der Waals surface area contributed by atoms with Gasteiger partial charge in [0.2, 0.25) is 0 Å². The number of aliphatic hydroxyl groups excluding tert-OH is 3. The Labute approximate surface area is 70.5 Å². The minimum absolute atomic E-state index is 0.534. The van der Waals surface area contributed by atoms with Crippen LogP contribution in [0, 0.1) is 0 Å². The molecular weight excluding hydrogens is 164 g/mol. The van der Waals surface area contributed by atoms with Crippen LogP contribution < -0.4 is 0 Å². The van der Waals surface area contributed by atoms with Crippen LogP contribution in [0.15, 0.2) is 0 Å². The molecule has 5 atom stereocenters. The van der Waals surface area contributed by atoms with E-state index in [9.17, 15) is 15.3 Å². The predicted molar refractivity (Wildman–Crippen MR) is 39.4 cm³/mol. The topological polar surface area (TPSA) is 79.2 Å². The zero-order chi connectivity index (χ0) is 9.30. The van der Waals surface area contributed by atoms with Gasteiger partial charge >= 0.3 is 0 Å². The van der Waals surface area contributed by atoms with Gasteiger partial charge in [-0.2, -0.15) is 0 Å². The molecule has 0 aromatic rings. The summed E-state index contributed by atoms with van der Waals surface area (Å²) in [6, 6.07) is 0. The highest BCUT2D eigenvalue weighted by atomic mass is 16.7. The molecule has 0 spiro atoms. The number of ether oxygens (including phenoxy) is 2. The van der Waals surface area contributed by atoms with Crippen LogP contribution in [0.5, 0.6) is 0 Å². The van der Waals surface area contributed by atoms with Crippen molar-refractivity contribution in [3.63, 3.8) is 0 Å². The van der Waals surface area contributed by atoms with E-state index in [-0.39, 0.29) is 0 Å². The van der Waals surface area contributed by atoms with Gasteiger partial charge < -0.3 is 24.8 Å². The Balaban J connectivity index is 2.63. The zero-order valence-electron chi connectivity index (χ0n) is 7.04. The van der Waals surface area contributed by atoms with Gasteiger partial charge in [-0.15, -0.1) is 0 Å². The minimum atomic E-state index is -1.21. The van der Waals surface area contributed by atoms with Crippen molar-refractivity contribution in [3.8, 4) is 0 Å². The van der Waals surface area contributed by atoms with Crippen molar-refractivity contribution >= 4 is 0 Å². The molecule has 0 aromatic carbocycles. The van der Waals surface area contributed by atoms with Crippen molar-refractivity contribution in [2.45, 2.75) is 37.6 Å². The van der Waals surface area contributed by atoms with E-state index in [0.717, 1.165) is 0 Å². The lowest BCUT2D eigenvalue weighted by Crippen LogP contribution is -2.57. The Morgan fingerprint density at radius 1 is 1.08 bits per heavy atom. The molecule has 1 fully saturated rings. The van der Waals surface area contributed by atoms with Crippen LogP contribution in [0.25, 0.3) is 0 Å². The van der Waals surface area contributed by atoms with E-state index in [0.29, 0.717) is 0 Å². The van der Waals surface area contributed by atoms with Gasteiger partial charge in [0, 0.05) is 7.11 Å². The standard InChI is InChI=1S/C7H14O5/c1-3-4(8)5(9)6(10)7(11-2)12-3/h3-10H,1-2H3/t3-,4?,5-,6+,7?/m1/s1. The summed E-state index contributed by atoms with van der Waals surface area (Å²) < 4.78 is 9.80. The second kappa shape index (κ2) is 3.68. The van der Waals surface area contributed by atoms with Gasteiger partial charge in [-0.25, -0.2) is 0 Å². The van der Waals surface area contributed by atoms with Crippen LogP contribution in [0.2, 0.25) is 0 Å². The molecule has 72 valence electrons. The van der Waals surface area contributed by atoms with E-state index in [1.54, 1.807) is 6.92 Å². The van der Waals surface area contributed by atoms with Crippen molar-refractivity contribution < 1.29 is 24.8 Å². The minimum Gasteiger partial charge on any atom is -0.388 e. The summed E-state index contributed by atoms with van der Waals surface area (Å²) >= 11 is 0. The van der Waals surface area contributed by atoms with E-state index in [2.05, 4.69) is 0 Å². The molecule has 3 N–H and O–H groups in total. The molecule has 5 nitrogen and oxygen atoms in total. The van der Waals surface area contributed by atoms with Crippen molar-refractivity contribution in [3.05, 3.63) is 0 Å². The molecule has 2 unspecified atom stereocenters. The second-order valence-electron chi connectivity index (χ2n) is 2.92. The quantitative estimate of drug-likeness (QED) is 0.453. The Bertz CT molecular complexity index is 146. The molecule has 0 saturated carbocycles. The first-order valence-corrected chi connectivity index (χ1v) is 3.80. The van der Waals surface area contributed by atoms with Crippen LogP contribution in [0.1, 0.15) is 6.92 Å². The van der Waals surface area contributed by atoms with Crippen molar-refractivity contribution in [1.29, 1.82) is 0 Å². The second-order valence-corrected chi connectivity index (χ2v) is 2.92. The van der Waals surface area contributed by atoms with Crippen LogP contribution in [-0.2, 0) is 9.47 Å². The summed E-state index contributed by atoms with van der Waals surface area (Å²) in [6.45, 7) is 1.60. The maximum Gasteiger partial charge on any atom is 0.186 e. The largest absolute Gasteiger partial charge is 0.388 e. The van der Waals surface area contributed by atoms with E-state index >= 15 is 0 Å². The molecule has 1 aliphatic heterocycles. The maximum atomic E-state index is 9.27. The van der Waals surface area contributed by atoms with E-state index in [1.165, 1.54) is 7.11 Å². The molecule has 0 radical (unpaired) electrons. The summed E-state index contributed by atoms with van der Waals surface area (Å²) in [5.74, 6) is 0. The van der Waals surface area contributed by atoms with Gasteiger partial charge in [-0.1, -0.05) is 0 Å². The molecule has 1 rings (SSSR count). The third-order valence-corrected chi connectivity index (χ3v) is 2.04. The van der Waals surface area contributed by atoms with Gasteiger partial charge in [0.25, 0.3) is 0 Å². The molecule has 1 heterocycles. The number of hydrogen-bond acceptors (Lipinski definition) is 5. The fourth-order valence-electron chi connectivity index (χ4n) is 1.21.